The quantitative estimate of drug-likeness (QED) is 0.780. The van der Waals surface area contributed by atoms with E-state index in [1.165, 1.54) is 12.8 Å². The first-order valence-electron chi connectivity index (χ1n) is 6.15. The van der Waals surface area contributed by atoms with Gasteiger partial charge in [0.1, 0.15) is 0 Å². The zero-order valence-corrected chi connectivity index (χ0v) is 9.74. The third-order valence-electron chi connectivity index (χ3n) is 3.26. The average molecular weight is 214 g/mol. The molecule has 0 amide bonds. The summed E-state index contributed by atoms with van der Waals surface area (Å²) in [6.07, 6.45) is 6.00. The van der Waals surface area contributed by atoms with Crippen LogP contribution in [0.3, 0.4) is 0 Å². The Morgan fingerprint density at radius 3 is 2.73 bits per heavy atom. The summed E-state index contributed by atoms with van der Waals surface area (Å²) in [4.78, 5) is 0. The van der Waals surface area contributed by atoms with Crippen LogP contribution in [0.2, 0.25) is 0 Å². The molecular weight excluding hydrogens is 192 g/mol. The van der Waals surface area contributed by atoms with Crippen molar-refractivity contribution in [2.75, 3.05) is 0 Å². The highest BCUT2D eigenvalue weighted by atomic mass is 16.7. The summed E-state index contributed by atoms with van der Waals surface area (Å²) in [6, 6.07) is 0. The molecular formula is C12H22O3. The molecule has 0 aromatic carbocycles. The third kappa shape index (κ3) is 2.92. The number of hydrogen-bond acceptors (Lipinski definition) is 3. The van der Waals surface area contributed by atoms with Gasteiger partial charge in [-0.1, -0.05) is 13.3 Å². The summed E-state index contributed by atoms with van der Waals surface area (Å²) in [5, 5.41) is 9.39. The van der Waals surface area contributed by atoms with Crippen molar-refractivity contribution in [3.05, 3.63) is 0 Å². The average Bonchev–Trinajstić information content (AvgIpc) is 2.82. The molecule has 3 unspecified atom stereocenters. The minimum Gasteiger partial charge on any atom is -0.393 e. The molecule has 15 heavy (non-hydrogen) atoms. The normalized spacial score (nSPS) is 35.4. The molecule has 0 aromatic rings. The fourth-order valence-electron chi connectivity index (χ4n) is 2.38. The lowest BCUT2D eigenvalue weighted by molar-refractivity contribution is -0.258. The molecule has 2 fully saturated rings. The first-order chi connectivity index (χ1) is 7.13. The van der Waals surface area contributed by atoms with Gasteiger partial charge in [-0.2, -0.15) is 0 Å². The molecule has 3 atom stereocenters. The highest BCUT2D eigenvalue weighted by molar-refractivity contribution is 5.00. The van der Waals surface area contributed by atoms with Crippen LogP contribution < -0.4 is 0 Å². The maximum atomic E-state index is 9.39. The van der Waals surface area contributed by atoms with Crippen molar-refractivity contribution in [2.45, 2.75) is 76.5 Å². The molecule has 1 saturated heterocycles. The third-order valence-corrected chi connectivity index (χ3v) is 3.26. The van der Waals surface area contributed by atoms with E-state index in [0.717, 1.165) is 25.7 Å². The standard InChI is InChI=1S/C12H22O3/c1-3-4-11-14-10(7-9(2)13)8-12(15-11)5-6-12/h9-11,13H,3-8H2,1-2H3. The number of aliphatic hydroxyl groups excluding tert-OH is 1. The molecule has 1 N–H and O–H groups in total. The molecule has 0 bridgehead atoms. The molecule has 0 radical (unpaired) electrons. The van der Waals surface area contributed by atoms with Crippen LogP contribution in [-0.4, -0.2) is 29.2 Å². The van der Waals surface area contributed by atoms with Crippen molar-refractivity contribution in [2.24, 2.45) is 0 Å². The van der Waals surface area contributed by atoms with Gasteiger partial charge in [0, 0.05) is 6.42 Å². The molecule has 1 aliphatic heterocycles. The van der Waals surface area contributed by atoms with Crippen LogP contribution in [0.5, 0.6) is 0 Å². The van der Waals surface area contributed by atoms with Crippen LogP contribution in [0, 0.1) is 0 Å². The van der Waals surface area contributed by atoms with Crippen LogP contribution in [-0.2, 0) is 9.47 Å². The predicted octanol–water partition coefficient (Wildman–Crippen LogP) is 2.22. The molecule has 2 aliphatic rings. The van der Waals surface area contributed by atoms with Gasteiger partial charge in [0.2, 0.25) is 0 Å². The second-order valence-electron chi connectivity index (χ2n) is 5.07. The lowest BCUT2D eigenvalue weighted by Gasteiger charge is -2.36. The minimum absolute atomic E-state index is 0.0324. The number of ether oxygens (including phenoxy) is 2. The number of aliphatic hydroxyl groups is 1. The van der Waals surface area contributed by atoms with Crippen LogP contribution in [0.1, 0.15) is 52.4 Å². The number of rotatable bonds is 4. The van der Waals surface area contributed by atoms with E-state index in [9.17, 15) is 5.11 Å². The van der Waals surface area contributed by atoms with Crippen LogP contribution in [0.4, 0.5) is 0 Å². The molecule has 88 valence electrons. The van der Waals surface area contributed by atoms with Crippen LogP contribution in [0.15, 0.2) is 0 Å². The lowest BCUT2D eigenvalue weighted by atomic mass is 10.0. The summed E-state index contributed by atoms with van der Waals surface area (Å²) < 4.78 is 11.8. The van der Waals surface area contributed by atoms with E-state index in [0.29, 0.717) is 0 Å². The Balaban J connectivity index is 1.89. The first kappa shape index (κ1) is 11.4. The van der Waals surface area contributed by atoms with Crippen molar-refractivity contribution < 1.29 is 14.6 Å². The van der Waals surface area contributed by atoms with Gasteiger partial charge in [-0.25, -0.2) is 0 Å². The monoisotopic (exact) mass is 214 g/mol. The molecule has 3 heteroatoms. The summed E-state index contributed by atoms with van der Waals surface area (Å²) in [6.45, 7) is 3.97. The predicted molar refractivity (Wildman–Crippen MR) is 57.5 cm³/mol. The van der Waals surface area contributed by atoms with Crippen molar-refractivity contribution in [1.82, 2.24) is 0 Å². The Kier molecular flexibility index (Phi) is 3.33. The largest absolute Gasteiger partial charge is 0.393 e. The minimum atomic E-state index is -0.272. The number of hydrogen-bond donors (Lipinski definition) is 1. The van der Waals surface area contributed by atoms with Crippen molar-refractivity contribution in [1.29, 1.82) is 0 Å². The van der Waals surface area contributed by atoms with Crippen molar-refractivity contribution >= 4 is 0 Å². The van der Waals surface area contributed by atoms with Gasteiger partial charge < -0.3 is 14.6 Å². The molecule has 1 spiro atoms. The summed E-state index contributed by atoms with van der Waals surface area (Å²) in [7, 11) is 0. The van der Waals surface area contributed by atoms with E-state index < -0.39 is 0 Å². The fourth-order valence-corrected chi connectivity index (χ4v) is 2.38. The Labute approximate surface area is 91.8 Å². The van der Waals surface area contributed by atoms with E-state index in [4.69, 9.17) is 9.47 Å². The first-order valence-corrected chi connectivity index (χ1v) is 6.15. The Morgan fingerprint density at radius 2 is 2.20 bits per heavy atom. The topological polar surface area (TPSA) is 38.7 Å². The highest BCUT2D eigenvalue weighted by Gasteiger charge is 2.50. The van der Waals surface area contributed by atoms with Gasteiger partial charge in [0.15, 0.2) is 6.29 Å². The van der Waals surface area contributed by atoms with Gasteiger partial charge in [-0.3, -0.25) is 0 Å². The van der Waals surface area contributed by atoms with Gasteiger partial charge in [0.25, 0.3) is 0 Å². The van der Waals surface area contributed by atoms with E-state index in [-0.39, 0.29) is 24.1 Å². The van der Waals surface area contributed by atoms with Gasteiger partial charge >= 0.3 is 0 Å². The zero-order chi connectivity index (χ0) is 10.9. The Hall–Kier alpha value is -0.120. The smallest absolute Gasteiger partial charge is 0.158 e. The maximum absolute atomic E-state index is 9.39. The van der Waals surface area contributed by atoms with Crippen molar-refractivity contribution in [3.63, 3.8) is 0 Å². The second kappa shape index (κ2) is 4.40. The molecule has 1 saturated carbocycles. The van der Waals surface area contributed by atoms with Gasteiger partial charge in [-0.15, -0.1) is 0 Å². The van der Waals surface area contributed by atoms with E-state index in [1.807, 2.05) is 6.92 Å². The second-order valence-corrected chi connectivity index (χ2v) is 5.07. The Bertz CT molecular complexity index is 211. The molecule has 3 nitrogen and oxygen atoms in total. The summed E-state index contributed by atoms with van der Waals surface area (Å²) in [5.41, 5.74) is 0.123. The van der Waals surface area contributed by atoms with Crippen molar-refractivity contribution in [3.8, 4) is 0 Å². The Morgan fingerprint density at radius 1 is 1.47 bits per heavy atom. The lowest BCUT2D eigenvalue weighted by Crippen LogP contribution is -2.40. The zero-order valence-electron chi connectivity index (χ0n) is 9.74. The highest BCUT2D eigenvalue weighted by Crippen LogP contribution is 2.48. The van der Waals surface area contributed by atoms with Crippen LogP contribution in [0.25, 0.3) is 0 Å². The van der Waals surface area contributed by atoms with Gasteiger partial charge in [0.05, 0.1) is 17.8 Å². The van der Waals surface area contributed by atoms with E-state index in [1.54, 1.807) is 0 Å². The van der Waals surface area contributed by atoms with Crippen LogP contribution >= 0.6 is 0 Å². The fraction of sp³-hybridized carbons (Fsp3) is 1.00. The van der Waals surface area contributed by atoms with E-state index in [2.05, 4.69) is 6.92 Å². The summed E-state index contributed by atoms with van der Waals surface area (Å²) in [5.74, 6) is 0. The molecule has 1 aliphatic carbocycles. The van der Waals surface area contributed by atoms with Gasteiger partial charge in [-0.05, 0) is 32.6 Å². The molecule has 0 aromatic heterocycles. The SMILES string of the molecule is CCCC1OC(CC(C)O)CC2(CC2)O1. The van der Waals surface area contributed by atoms with E-state index >= 15 is 0 Å². The molecule has 1 heterocycles. The molecule has 2 rings (SSSR count). The maximum Gasteiger partial charge on any atom is 0.158 e. The summed E-state index contributed by atoms with van der Waals surface area (Å²) >= 11 is 0.